The molecule has 0 bridgehead atoms. The van der Waals surface area contributed by atoms with Crippen molar-refractivity contribution in [3.63, 3.8) is 0 Å². The minimum absolute atomic E-state index is 0.102. The van der Waals surface area contributed by atoms with Gasteiger partial charge >= 0.3 is 0 Å². The third kappa shape index (κ3) is 0.922. The molecule has 11 heavy (non-hydrogen) atoms. The van der Waals surface area contributed by atoms with E-state index in [0.717, 1.165) is 0 Å². The molecular formula is C8H12O3. The van der Waals surface area contributed by atoms with Crippen molar-refractivity contribution >= 4 is 0 Å². The van der Waals surface area contributed by atoms with Crippen molar-refractivity contribution in [2.24, 2.45) is 11.8 Å². The zero-order valence-electron chi connectivity index (χ0n) is 6.69. The maximum absolute atomic E-state index is 5.44. The van der Waals surface area contributed by atoms with Crippen molar-refractivity contribution in [2.75, 3.05) is 14.2 Å². The first-order chi connectivity index (χ1) is 5.36. The summed E-state index contributed by atoms with van der Waals surface area (Å²) in [7, 11) is 3.32. The van der Waals surface area contributed by atoms with Crippen LogP contribution in [-0.2, 0) is 14.2 Å². The van der Waals surface area contributed by atoms with Crippen LogP contribution in [0.2, 0.25) is 0 Å². The second-order valence-corrected chi connectivity index (χ2v) is 2.88. The maximum Gasteiger partial charge on any atom is 0.167 e. The number of hydrogen-bond donors (Lipinski definition) is 0. The normalized spacial score (nSPS) is 47.1. The average Bonchev–Trinajstić information content (AvgIpc) is 2.21. The quantitative estimate of drug-likeness (QED) is 0.552. The van der Waals surface area contributed by atoms with Crippen LogP contribution < -0.4 is 0 Å². The number of hydrogen-bond acceptors (Lipinski definition) is 3. The Hall–Kier alpha value is -0.380. The standard InChI is InChI=1S/C8H12O3/c1-9-7-5-3-4-6(5)8(10-2)11-7/h3-8H,1-2H3. The summed E-state index contributed by atoms with van der Waals surface area (Å²) in [5.41, 5.74) is 0. The first-order valence-corrected chi connectivity index (χ1v) is 3.76. The van der Waals surface area contributed by atoms with E-state index >= 15 is 0 Å². The van der Waals surface area contributed by atoms with E-state index in [1.54, 1.807) is 14.2 Å². The van der Waals surface area contributed by atoms with E-state index in [1.165, 1.54) is 0 Å². The molecule has 1 fully saturated rings. The van der Waals surface area contributed by atoms with E-state index in [0.29, 0.717) is 11.8 Å². The fourth-order valence-electron chi connectivity index (χ4n) is 1.65. The molecule has 0 amide bonds. The Morgan fingerprint density at radius 1 is 1.00 bits per heavy atom. The largest absolute Gasteiger partial charge is 0.355 e. The second-order valence-electron chi connectivity index (χ2n) is 2.88. The smallest absolute Gasteiger partial charge is 0.167 e. The van der Waals surface area contributed by atoms with Gasteiger partial charge in [0.05, 0.1) is 0 Å². The van der Waals surface area contributed by atoms with Crippen molar-refractivity contribution in [3.8, 4) is 0 Å². The van der Waals surface area contributed by atoms with E-state index in [9.17, 15) is 0 Å². The molecule has 0 N–H and O–H groups in total. The average molecular weight is 156 g/mol. The summed E-state index contributed by atoms with van der Waals surface area (Å²) in [6.45, 7) is 0. The molecule has 0 aromatic carbocycles. The van der Waals surface area contributed by atoms with Gasteiger partial charge in [-0.25, -0.2) is 0 Å². The topological polar surface area (TPSA) is 27.7 Å². The molecule has 0 aromatic rings. The Bertz CT molecular complexity index is 160. The van der Waals surface area contributed by atoms with Gasteiger partial charge in [-0.15, -0.1) is 0 Å². The fraction of sp³-hybridized carbons (Fsp3) is 0.750. The summed E-state index contributed by atoms with van der Waals surface area (Å²) in [4.78, 5) is 0. The Morgan fingerprint density at radius 3 is 1.64 bits per heavy atom. The molecule has 3 nitrogen and oxygen atoms in total. The fourth-order valence-corrected chi connectivity index (χ4v) is 1.65. The molecule has 2 rings (SSSR count). The van der Waals surface area contributed by atoms with Crippen LogP contribution in [0.4, 0.5) is 0 Å². The van der Waals surface area contributed by atoms with Crippen LogP contribution in [0.15, 0.2) is 12.2 Å². The van der Waals surface area contributed by atoms with Gasteiger partial charge in [0.1, 0.15) is 0 Å². The summed E-state index contributed by atoms with van der Waals surface area (Å²) in [5.74, 6) is 0.815. The molecule has 1 aliphatic heterocycles. The third-order valence-corrected chi connectivity index (χ3v) is 2.36. The molecule has 0 spiro atoms. The SMILES string of the molecule is COC1OC(OC)C2C=CC12. The van der Waals surface area contributed by atoms with Crippen LogP contribution in [0, 0.1) is 11.8 Å². The highest BCUT2D eigenvalue weighted by Gasteiger charge is 2.46. The maximum atomic E-state index is 5.44. The Kier molecular flexibility index (Phi) is 1.71. The van der Waals surface area contributed by atoms with Gasteiger partial charge in [-0.2, -0.15) is 0 Å². The van der Waals surface area contributed by atoms with Crippen LogP contribution in [0.1, 0.15) is 0 Å². The van der Waals surface area contributed by atoms with Gasteiger partial charge in [0.15, 0.2) is 12.6 Å². The molecule has 4 unspecified atom stereocenters. The van der Waals surface area contributed by atoms with Crippen molar-refractivity contribution in [3.05, 3.63) is 12.2 Å². The summed E-state index contributed by atoms with van der Waals surface area (Å²) < 4.78 is 15.7. The summed E-state index contributed by atoms with van der Waals surface area (Å²) >= 11 is 0. The second kappa shape index (κ2) is 2.59. The zero-order chi connectivity index (χ0) is 7.84. The van der Waals surface area contributed by atoms with Crippen molar-refractivity contribution in [1.29, 1.82) is 0 Å². The Morgan fingerprint density at radius 2 is 1.45 bits per heavy atom. The highest BCUT2D eigenvalue weighted by atomic mass is 16.8. The molecule has 1 heterocycles. The zero-order valence-corrected chi connectivity index (χ0v) is 6.69. The van der Waals surface area contributed by atoms with E-state index in [1.807, 2.05) is 0 Å². The molecule has 3 heteroatoms. The Balaban J connectivity index is 2.06. The van der Waals surface area contributed by atoms with Crippen molar-refractivity contribution < 1.29 is 14.2 Å². The number of rotatable bonds is 2. The van der Waals surface area contributed by atoms with Crippen molar-refractivity contribution in [1.82, 2.24) is 0 Å². The lowest BCUT2D eigenvalue weighted by Crippen LogP contribution is -2.26. The number of ether oxygens (including phenoxy) is 3. The molecule has 0 saturated carbocycles. The van der Waals surface area contributed by atoms with Crippen LogP contribution in [0.3, 0.4) is 0 Å². The first kappa shape index (κ1) is 7.28. The van der Waals surface area contributed by atoms with Gasteiger partial charge in [-0.3, -0.25) is 0 Å². The van der Waals surface area contributed by atoms with Gasteiger partial charge < -0.3 is 14.2 Å². The van der Waals surface area contributed by atoms with Crippen LogP contribution >= 0.6 is 0 Å². The summed E-state index contributed by atoms with van der Waals surface area (Å²) in [6, 6.07) is 0. The van der Waals surface area contributed by atoms with Gasteiger partial charge in [0.2, 0.25) is 0 Å². The van der Waals surface area contributed by atoms with Crippen LogP contribution in [0.5, 0.6) is 0 Å². The van der Waals surface area contributed by atoms with Crippen LogP contribution in [-0.4, -0.2) is 26.8 Å². The predicted octanol–water partition coefficient (Wildman–Crippen LogP) is 0.764. The first-order valence-electron chi connectivity index (χ1n) is 3.76. The van der Waals surface area contributed by atoms with Gasteiger partial charge in [0, 0.05) is 26.1 Å². The molecular weight excluding hydrogens is 144 g/mol. The monoisotopic (exact) mass is 156 g/mol. The minimum atomic E-state index is -0.102. The van der Waals surface area contributed by atoms with Gasteiger partial charge in [-0.1, -0.05) is 12.2 Å². The number of fused-ring (bicyclic) bond motifs is 1. The van der Waals surface area contributed by atoms with E-state index < -0.39 is 0 Å². The molecule has 2 aliphatic rings. The molecule has 4 atom stereocenters. The minimum Gasteiger partial charge on any atom is -0.355 e. The van der Waals surface area contributed by atoms with Crippen molar-refractivity contribution in [2.45, 2.75) is 12.6 Å². The predicted molar refractivity (Wildman–Crippen MR) is 38.8 cm³/mol. The highest BCUT2D eigenvalue weighted by Crippen LogP contribution is 2.41. The summed E-state index contributed by atoms with van der Waals surface area (Å²) in [6.07, 6.45) is 4.01. The molecule has 1 saturated heterocycles. The van der Waals surface area contributed by atoms with Crippen LogP contribution in [0.25, 0.3) is 0 Å². The number of methoxy groups -OCH3 is 2. The van der Waals surface area contributed by atoms with Gasteiger partial charge in [0.25, 0.3) is 0 Å². The summed E-state index contributed by atoms with van der Waals surface area (Å²) in [5, 5.41) is 0. The Labute approximate surface area is 65.9 Å². The molecule has 1 aliphatic carbocycles. The van der Waals surface area contributed by atoms with Gasteiger partial charge in [-0.05, 0) is 0 Å². The third-order valence-electron chi connectivity index (χ3n) is 2.36. The highest BCUT2D eigenvalue weighted by molar-refractivity contribution is 5.14. The lowest BCUT2D eigenvalue weighted by atomic mass is 9.83. The molecule has 0 radical (unpaired) electrons. The lowest BCUT2D eigenvalue weighted by Gasteiger charge is -2.23. The lowest BCUT2D eigenvalue weighted by molar-refractivity contribution is -0.192. The van der Waals surface area contributed by atoms with E-state index in [2.05, 4.69) is 12.2 Å². The van der Waals surface area contributed by atoms with E-state index in [4.69, 9.17) is 14.2 Å². The van der Waals surface area contributed by atoms with E-state index in [-0.39, 0.29) is 12.6 Å². The molecule has 62 valence electrons. The molecule has 0 aromatic heterocycles.